The molecular formula is C28H30N2O5. The van der Waals surface area contributed by atoms with Crippen molar-refractivity contribution in [3.05, 3.63) is 82.4 Å². The Balaban J connectivity index is 1.71. The summed E-state index contributed by atoms with van der Waals surface area (Å²) in [7, 11) is 4.62. The van der Waals surface area contributed by atoms with Crippen LogP contribution in [0.5, 0.6) is 17.2 Å². The van der Waals surface area contributed by atoms with Gasteiger partial charge in [-0.3, -0.25) is 9.59 Å². The molecule has 2 amide bonds. The van der Waals surface area contributed by atoms with E-state index in [1.807, 2.05) is 56.3 Å². The van der Waals surface area contributed by atoms with Crippen LogP contribution in [0.1, 0.15) is 45.1 Å². The summed E-state index contributed by atoms with van der Waals surface area (Å²) in [5, 5.41) is 2.99. The second-order valence-corrected chi connectivity index (χ2v) is 8.62. The second kappa shape index (κ2) is 10.1. The zero-order valence-corrected chi connectivity index (χ0v) is 20.7. The number of amides is 2. The van der Waals surface area contributed by atoms with Gasteiger partial charge in [-0.05, 0) is 66.4 Å². The molecular weight excluding hydrogens is 444 g/mol. The number of rotatable bonds is 8. The third-order valence-electron chi connectivity index (χ3n) is 6.47. The van der Waals surface area contributed by atoms with Gasteiger partial charge >= 0.3 is 0 Å². The molecule has 4 rings (SSSR count). The molecule has 1 N–H and O–H groups in total. The lowest BCUT2D eigenvalue weighted by molar-refractivity contribution is -0.117. The van der Waals surface area contributed by atoms with Gasteiger partial charge in [-0.25, -0.2) is 0 Å². The Bertz CT molecular complexity index is 1240. The van der Waals surface area contributed by atoms with Crippen molar-refractivity contribution in [3.63, 3.8) is 0 Å². The van der Waals surface area contributed by atoms with Gasteiger partial charge in [-0.2, -0.15) is 0 Å². The smallest absolute Gasteiger partial charge is 0.255 e. The summed E-state index contributed by atoms with van der Waals surface area (Å²) in [4.78, 5) is 28.3. The lowest BCUT2D eigenvalue weighted by Gasteiger charge is -2.29. The van der Waals surface area contributed by atoms with Gasteiger partial charge in [0.2, 0.25) is 11.7 Å². The van der Waals surface area contributed by atoms with Gasteiger partial charge in [0.05, 0.1) is 33.8 Å². The molecule has 0 saturated heterocycles. The van der Waals surface area contributed by atoms with E-state index in [4.69, 9.17) is 14.2 Å². The number of nitrogens with zero attached hydrogens (tertiary/aromatic N) is 1. The number of nitrogens with one attached hydrogen (secondary N) is 1. The van der Waals surface area contributed by atoms with Crippen molar-refractivity contribution in [2.75, 3.05) is 26.6 Å². The van der Waals surface area contributed by atoms with Gasteiger partial charge in [0.1, 0.15) is 0 Å². The first-order chi connectivity index (χ1) is 16.9. The van der Waals surface area contributed by atoms with E-state index in [9.17, 15) is 9.59 Å². The van der Waals surface area contributed by atoms with Crippen LogP contribution in [-0.2, 0) is 11.3 Å². The first-order valence-corrected chi connectivity index (χ1v) is 11.4. The summed E-state index contributed by atoms with van der Waals surface area (Å²) in [5.41, 5.74) is 5.27. The van der Waals surface area contributed by atoms with Crippen molar-refractivity contribution >= 4 is 17.5 Å². The molecule has 0 aromatic heterocycles. The van der Waals surface area contributed by atoms with Crippen LogP contribution in [0.25, 0.3) is 0 Å². The molecule has 1 atom stereocenters. The zero-order valence-electron chi connectivity index (χ0n) is 20.7. The van der Waals surface area contributed by atoms with Crippen LogP contribution >= 0.6 is 0 Å². The molecule has 0 bridgehead atoms. The SMILES string of the molecule is COc1cc([C@H](CC(=O)Nc2ccc(C)c(C)c2)N2Cc3ccccc3C2=O)cc(OC)c1OC. The van der Waals surface area contributed by atoms with E-state index < -0.39 is 6.04 Å². The highest BCUT2D eigenvalue weighted by molar-refractivity contribution is 5.99. The van der Waals surface area contributed by atoms with E-state index in [0.29, 0.717) is 29.4 Å². The number of benzene rings is 3. The molecule has 3 aromatic carbocycles. The van der Waals surface area contributed by atoms with Crippen molar-refractivity contribution < 1.29 is 23.8 Å². The number of carbonyl (C=O) groups excluding carboxylic acids is 2. The number of carbonyl (C=O) groups is 2. The lowest BCUT2D eigenvalue weighted by Crippen LogP contribution is -2.32. The van der Waals surface area contributed by atoms with Gasteiger partial charge < -0.3 is 24.4 Å². The number of hydrogen-bond acceptors (Lipinski definition) is 5. The number of anilines is 1. The minimum absolute atomic E-state index is 0.0608. The third kappa shape index (κ3) is 4.80. The van der Waals surface area contributed by atoms with Crippen LogP contribution in [0, 0.1) is 13.8 Å². The number of methoxy groups -OCH3 is 3. The molecule has 35 heavy (non-hydrogen) atoms. The maximum Gasteiger partial charge on any atom is 0.255 e. The predicted octanol–water partition coefficient (Wildman–Crippen LogP) is 5.06. The van der Waals surface area contributed by atoms with Crippen LogP contribution in [0.4, 0.5) is 5.69 Å². The molecule has 0 saturated carbocycles. The number of ether oxygens (including phenoxy) is 3. The van der Waals surface area contributed by atoms with Crippen LogP contribution in [0.3, 0.4) is 0 Å². The topological polar surface area (TPSA) is 77.1 Å². The molecule has 7 heteroatoms. The standard InChI is InChI=1S/C28H30N2O5/c1-17-10-11-21(12-18(17)2)29-26(31)15-23(30-16-19-8-6-7-9-22(19)28(30)32)20-13-24(33-3)27(35-5)25(14-20)34-4/h6-14,23H,15-16H2,1-5H3,(H,29,31)/t23-/m0/s1. The maximum absolute atomic E-state index is 13.4. The highest BCUT2D eigenvalue weighted by Crippen LogP contribution is 2.43. The second-order valence-electron chi connectivity index (χ2n) is 8.62. The van der Waals surface area contributed by atoms with Crippen LogP contribution < -0.4 is 19.5 Å². The monoisotopic (exact) mass is 474 g/mol. The molecule has 0 aliphatic carbocycles. The fraction of sp³-hybridized carbons (Fsp3) is 0.286. The fourth-order valence-electron chi connectivity index (χ4n) is 4.44. The molecule has 7 nitrogen and oxygen atoms in total. The number of aryl methyl sites for hydroxylation is 2. The first kappa shape index (κ1) is 24.1. The molecule has 1 aliphatic rings. The summed E-state index contributed by atoms with van der Waals surface area (Å²) in [6.07, 6.45) is 0.0608. The Morgan fingerprint density at radius 3 is 2.23 bits per heavy atom. The van der Waals surface area contributed by atoms with Gasteiger partial charge in [-0.15, -0.1) is 0 Å². The summed E-state index contributed by atoms with van der Waals surface area (Å²) in [6.45, 7) is 4.44. The van der Waals surface area contributed by atoms with Crippen molar-refractivity contribution in [2.24, 2.45) is 0 Å². The number of hydrogen-bond donors (Lipinski definition) is 1. The summed E-state index contributed by atoms with van der Waals surface area (Å²) < 4.78 is 16.5. The number of fused-ring (bicyclic) bond motifs is 1. The Labute approximate surface area is 205 Å². The summed E-state index contributed by atoms with van der Waals surface area (Å²) in [6, 6.07) is 16.4. The molecule has 0 radical (unpaired) electrons. The average molecular weight is 475 g/mol. The molecule has 1 heterocycles. The normalized spacial score (nSPS) is 13.3. The van der Waals surface area contributed by atoms with Crippen molar-refractivity contribution in [3.8, 4) is 17.2 Å². The highest BCUT2D eigenvalue weighted by atomic mass is 16.5. The van der Waals surface area contributed by atoms with E-state index in [1.54, 1.807) is 31.3 Å². The average Bonchev–Trinajstić information content (AvgIpc) is 3.20. The molecule has 1 aliphatic heterocycles. The molecule has 3 aromatic rings. The van der Waals surface area contributed by atoms with E-state index in [0.717, 1.165) is 27.9 Å². The highest BCUT2D eigenvalue weighted by Gasteiger charge is 2.35. The van der Waals surface area contributed by atoms with E-state index in [1.165, 1.54) is 7.11 Å². The Hall–Kier alpha value is -4.00. The maximum atomic E-state index is 13.4. The quantitative estimate of drug-likeness (QED) is 0.494. The minimum Gasteiger partial charge on any atom is -0.493 e. The third-order valence-corrected chi connectivity index (χ3v) is 6.47. The van der Waals surface area contributed by atoms with E-state index in [2.05, 4.69) is 5.32 Å². The van der Waals surface area contributed by atoms with Gasteiger partial charge in [0.15, 0.2) is 11.5 Å². The Morgan fingerprint density at radius 1 is 0.943 bits per heavy atom. The van der Waals surface area contributed by atoms with Crippen LogP contribution in [0.2, 0.25) is 0 Å². The van der Waals surface area contributed by atoms with E-state index in [-0.39, 0.29) is 18.2 Å². The molecule has 0 spiro atoms. The summed E-state index contributed by atoms with van der Waals surface area (Å²) >= 11 is 0. The first-order valence-electron chi connectivity index (χ1n) is 11.4. The van der Waals surface area contributed by atoms with Crippen molar-refractivity contribution in [2.45, 2.75) is 32.9 Å². The van der Waals surface area contributed by atoms with Gasteiger partial charge in [0, 0.05) is 17.8 Å². The lowest BCUT2D eigenvalue weighted by atomic mass is 10.00. The fourth-order valence-corrected chi connectivity index (χ4v) is 4.44. The van der Waals surface area contributed by atoms with E-state index >= 15 is 0 Å². The van der Waals surface area contributed by atoms with Crippen LogP contribution in [-0.4, -0.2) is 38.0 Å². The molecule has 182 valence electrons. The zero-order chi connectivity index (χ0) is 25.1. The van der Waals surface area contributed by atoms with Crippen LogP contribution in [0.15, 0.2) is 54.6 Å². The largest absolute Gasteiger partial charge is 0.493 e. The van der Waals surface area contributed by atoms with Crippen molar-refractivity contribution in [1.82, 2.24) is 4.90 Å². The molecule has 0 fully saturated rings. The predicted molar refractivity (Wildman–Crippen MR) is 134 cm³/mol. The molecule has 0 unspecified atom stereocenters. The minimum atomic E-state index is -0.546. The summed E-state index contributed by atoms with van der Waals surface area (Å²) in [5.74, 6) is 1.07. The Morgan fingerprint density at radius 2 is 1.63 bits per heavy atom. The van der Waals surface area contributed by atoms with Crippen molar-refractivity contribution in [1.29, 1.82) is 0 Å². The van der Waals surface area contributed by atoms with Gasteiger partial charge in [0.25, 0.3) is 5.91 Å². The Kier molecular flexibility index (Phi) is 6.96. The van der Waals surface area contributed by atoms with Gasteiger partial charge in [-0.1, -0.05) is 24.3 Å².